The van der Waals surface area contributed by atoms with Crippen molar-refractivity contribution in [3.63, 3.8) is 0 Å². The molecule has 0 unspecified atom stereocenters. The molecule has 2 aromatic heterocycles. The van der Waals surface area contributed by atoms with Gasteiger partial charge in [-0.1, -0.05) is 18.2 Å². The van der Waals surface area contributed by atoms with Crippen LogP contribution >= 0.6 is 11.3 Å². The Morgan fingerprint density at radius 1 is 1.19 bits per heavy atom. The number of esters is 2. The number of carbonyl (C=O) groups is 2. The summed E-state index contributed by atoms with van der Waals surface area (Å²) in [6.07, 6.45) is 3.10. The molecule has 0 atom stereocenters. The molecule has 0 aliphatic carbocycles. The third-order valence-corrected chi connectivity index (χ3v) is 5.22. The third-order valence-electron chi connectivity index (χ3n) is 4.24. The molecule has 0 saturated heterocycles. The molecule has 0 radical (unpaired) electrons. The van der Waals surface area contributed by atoms with Crippen LogP contribution in [0.4, 0.5) is 0 Å². The van der Waals surface area contributed by atoms with E-state index in [9.17, 15) is 9.59 Å². The molecule has 0 fully saturated rings. The van der Waals surface area contributed by atoms with Crippen molar-refractivity contribution in [3.8, 4) is 0 Å². The monoisotopic (exact) mass is 381 g/mol. The summed E-state index contributed by atoms with van der Waals surface area (Å²) < 4.78 is 10.2. The Morgan fingerprint density at radius 2 is 1.96 bits per heavy atom. The van der Waals surface area contributed by atoms with Gasteiger partial charge in [-0.2, -0.15) is 0 Å². The second-order valence-corrected chi connectivity index (χ2v) is 6.92. The van der Waals surface area contributed by atoms with Crippen LogP contribution in [0.15, 0.2) is 41.8 Å². The van der Waals surface area contributed by atoms with Crippen molar-refractivity contribution in [2.45, 2.75) is 20.5 Å². The van der Waals surface area contributed by atoms with Gasteiger partial charge >= 0.3 is 11.9 Å². The molecule has 5 nitrogen and oxygen atoms in total. The van der Waals surface area contributed by atoms with Gasteiger partial charge in [0, 0.05) is 16.3 Å². The topological polar surface area (TPSA) is 65.5 Å². The number of hydrogen-bond donors (Lipinski definition) is 0. The first-order valence-corrected chi connectivity index (χ1v) is 9.24. The SMILES string of the molecule is COC(=O)c1c(COC(=O)/C=C/c2sccc2C)nc2ccccc2c1C. The van der Waals surface area contributed by atoms with Crippen LogP contribution in [0.5, 0.6) is 0 Å². The van der Waals surface area contributed by atoms with E-state index in [1.807, 2.05) is 49.6 Å². The highest BCUT2D eigenvalue weighted by molar-refractivity contribution is 7.11. The number of carbonyl (C=O) groups excluding carboxylic acids is 2. The predicted octanol–water partition coefficient (Wildman–Crippen LogP) is 4.46. The van der Waals surface area contributed by atoms with Crippen LogP contribution in [0.1, 0.15) is 32.1 Å². The van der Waals surface area contributed by atoms with E-state index < -0.39 is 11.9 Å². The highest BCUT2D eigenvalue weighted by Gasteiger charge is 2.20. The van der Waals surface area contributed by atoms with Gasteiger partial charge in [0.1, 0.15) is 6.61 Å². The van der Waals surface area contributed by atoms with E-state index in [2.05, 4.69) is 4.98 Å². The van der Waals surface area contributed by atoms with Crippen LogP contribution in [0.3, 0.4) is 0 Å². The number of fused-ring (bicyclic) bond motifs is 1. The molecule has 0 saturated carbocycles. The van der Waals surface area contributed by atoms with Crippen molar-refractivity contribution in [2.75, 3.05) is 7.11 Å². The fraction of sp³-hybridized carbons (Fsp3) is 0.190. The minimum absolute atomic E-state index is 0.108. The Balaban J connectivity index is 1.85. The lowest BCUT2D eigenvalue weighted by atomic mass is 10.0. The number of benzene rings is 1. The average Bonchev–Trinajstić information content (AvgIpc) is 3.09. The lowest BCUT2D eigenvalue weighted by Crippen LogP contribution is -2.13. The quantitative estimate of drug-likeness (QED) is 0.482. The lowest BCUT2D eigenvalue weighted by Gasteiger charge is -2.13. The molecule has 138 valence electrons. The van der Waals surface area contributed by atoms with Crippen LogP contribution in [-0.4, -0.2) is 24.0 Å². The van der Waals surface area contributed by atoms with Gasteiger partial charge in [-0.3, -0.25) is 0 Å². The Morgan fingerprint density at radius 3 is 2.67 bits per heavy atom. The van der Waals surface area contributed by atoms with Gasteiger partial charge in [-0.25, -0.2) is 14.6 Å². The van der Waals surface area contributed by atoms with Gasteiger partial charge in [0.2, 0.25) is 0 Å². The molecular formula is C21H19NO4S. The molecule has 6 heteroatoms. The summed E-state index contributed by atoms with van der Waals surface area (Å²) in [5.74, 6) is -0.993. The van der Waals surface area contributed by atoms with Crippen molar-refractivity contribution < 1.29 is 19.1 Å². The van der Waals surface area contributed by atoms with Gasteiger partial charge in [-0.05, 0) is 48.6 Å². The molecule has 0 aliphatic rings. The summed E-state index contributed by atoms with van der Waals surface area (Å²) in [5, 5.41) is 2.83. The molecule has 3 aromatic rings. The summed E-state index contributed by atoms with van der Waals surface area (Å²) in [6.45, 7) is 3.70. The van der Waals surface area contributed by atoms with E-state index in [1.54, 1.807) is 17.4 Å². The highest BCUT2D eigenvalue weighted by atomic mass is 32.1. The van der Waals surface area contributed by atoms with E-state index in [1.165, 1.54) is 13.2 Å². The van der Waals surface area contributed by atoms with Crippen LogP contribution < -0.4 is 0 Å². The lowest BCUT2D eigenvalue weighted by molar-refractivity contribution is -0.139. The molecular weight excluding hydrogens is 362 g/mol. The Labute approximate surface area is 161 Å². The van der Waals surface area contributed by atoms with Crippen LogP contribution in [0.2, 0.25) is 0 Å². The number of pyridine rings is 1. The standard InChI is InChI=1S/C21H19NO4S/c1-13-10-11-27-18(13)8-9-19(23)26-12-17-20(21(24)25-3)14(2)15-6-4-5-7-16(15)22-17/h4-11H,12H2,1-3H3/b9-8+. The normalized spacial score (nSPS) is 11.1. The second-order valence-electron chi connectivity index (χ2n) is 5.98. The first kappa shape index (κ1) is 18.8. The van der Waals surface area contributed by atoms with Crippen molar-refractivity contribution in [3.05, 3.63) is 69.0 Å². The first-order chi connectivity index (χ1) is 13.0. The third kappa shape index (κ3) is 4.06. The molecule has 0 amide bonds. The Hall–Kier alpha value is -2.99. The van der Waals surface area contributed by atoms with Crippen molar-refractivity contribution >= 4 is 40.3 Å². The Kier molecular flexibility index (Phi) is 5.66. The summed E-state index contributed by atoms with van der Waals surface area (Å²) in [5.41, 5.74) is 3.31. The number of aromatic nitrogens is 1. The predicted molar refractivity (Wildman–Crippen MR) is 106 cm³/mol. The van der Waals surface area contributed by atoms with Gasteiger partial charge in [0.25, 0.3) is 0 Å². The van der Waals surface area contributed by atoms with Crippen molar-refractivity contribution in [2.24, 2.45) is 0 Å². The van der Waals surface area contributed by atoms with Gasteiger partial charge in [-0.15, -0.1) is 11.3 Å². The molecule has 0 bridgehead atoms. The van der Waals surface area contributed by atoms with E-state index in [4.69, 9.17) is 9.47 Å². The minimum atomic E-state index is -0.499. The van der Waals surface area contributed by atoms with Crippen LogP contribution in [0.25, 0.3) is 17.0 Å². The Bertz CT molecular complexity index is 1040. The second kappa shape index (κ2) is 8.14. The fourth-order valence-corrected chi connectivity index (χ4v) is 3.62. The van der Waals surface area contributed by atoms with Crippen LogP contribution in [0, 0.1) is 13.8 Å². The van der Waals surface area contributed by atoms with Crippen LogP contribution in [-0.2, 0) is 20.9 Å². The molecule has 3 rings (SSSR count). The number of para-hydroxylation sites is 1. The number of ether oxygens (including phenoxy) is 2. The molecule has 0 aliphatic heterocycles. The molecule has 0 spiro atoms. The number of rotatable bonds is 5. The zero-order valence-corrected chi connectivity index (χ0v) is 16.1. The largest absolute Gasteiger partial charge is 0.465 e. The molecule has 27 heavy (non-hydrogen) atoms. The van der Waals surface area contributed by atoms with Crippen molar-refractivity contribution in [1.29, 1.82) is 0 Å². The minimum Gasteiger partial charge on any atom is -0.465 e. The zero-order chi connectivity index (χ0) is 19.4. The number of thiophene rings is 1. The zero-order valence-electron chi connectivity index (χ0n) is 15.3. The van der Waals surface area contributed by atoms with E-state index in [0.717, 1.165) is 26.9 Å². The van der Waals surface area contributed by atoms with E-state index in [-0.39, 0.29) is 6.61 Å². The number of nitrogens with zero attached hydrogens (tertiary/aromatic N) is 1. The molecule has 0 N–H and O–H groups in total. The van der Waals surface area contributed by atoms with Gasteiger partial charge in [0.15, 0.2) is 0 Å². The molecule has 2 heterocycles. The maximum absolute atomic E-state index is 12.2. The molecule has 1 aromatic carbocycles. The maximum atomic E-state index is 12.2. The summed E-state index contributed by atoms with van der Waals surface area (Å²) in [4.78, 5) is 29.8. The average molecular weight is 381 g/mol. The fourth-order valence-electron chi connectivity index (χ4n) is 2.80. The number of aryl methyl sites for hydroxylation is 2. The first-order valence-electron chi connectivity index (χ1n) is 8.36. The van der Waals surface area contributed by atoms with Gasteiger partial charge in [0.05, 0.1) is 23.9 Å². The van der Waals surface area contributed by atoms with E-state index in [0.29, 0.717) is 11.3 Å². The summed E-state index contributed by atoms with van der Waals surface area (Å²) >= 11 is 1.55. The van der Waals surface area contributed by atoms with Crippen molar-refractivity contribution in [1.82, 2.24) is 4.98 Å². The number of methoxy groups -OCH3 is 1. The van der Waals surface area contributed by atoms with E-state index >= 15 is 0 Å². The number of hydrogen-bond acceptors (Lipinski definition) is 6. The van der Waals surface area contributed by atoms with Gasteiger partial charge < -0.3 is 9.47 Å². The summed E-state index contributed by atoms with van der Waals surface area (Å²) in [7, 11) is 1.32. The maximum Gasteiger partial charge on any atom is 0.340 e. The summed E-state index contributed by atoms with van der Waals surface area (Å²) in [6, 6.07) is 9.49. The smallest absolute Gasteiger partial charge is 0.340 e. The highest BCUT2D eigenvalue weighted by Crippen LogP contribution is 2.24.